The monoisotopic (exact) mass is 262 g/mol. The van der Waals surface area contributed by atoms with Gasteiger partial charge in [0.1, 0.15) is 16.9 Å². The van der Waals surface area contributed by atoms with Crippen molar-refractivity contribution >= 4 is 16.9 Å². The van der Waals surface area contributed by atoms with Crippen molar-refractivity contribution in [1.29, 1.82) is 0 Å². The number of imidazole rings is 1. The molecular weight excluding hydrogens is 242 g/mol. The smallest absolute Gasteiger partial charge is 0.260 e. The van der Waals surface area contributed by atoms with Crippen molar-refractivity contribution < 1.29 is 4.74 Å². The van der Waals surface area contributed by atoms with Gasteiger partial charge in [0.2, 0.25) is 0 Å². The molecule has 0 bridgehead atoms. The van der Waals surface area contributed by atoms with Crippen LogP contribution in [0.5, 0.6) is 5.88 Å². The van der Waals surface area contributed by atoms with E-state index in [1.165, 1.54) is 0 Å². The Kier molecular flexibility index (Phi) is 3.87. The molecule has 19 heavy (non-hydrogen) atoms. The maximum atomic E-state index is 5.83. The predicted octanol–water partition coefficient (Wildman–Crippen LogP) is 2.18. The average Bonchev–Trinajstić information content (AvgIpc) is 2.69. The molecule has 2 rings (SSSR count). The SMILES string of the molecule is [CH2]n1c(CCCC)nc2c(N)nnc(OC(C)C)c21. The highest BCUT2D eigenvalue weighted by molar-refractivity contribution is 5.88. The summed E-state index contributed by atoms with van der Waals surface area (Å²) in [4.78, 5) is 4.51. The van der Waals surface area contributed by atoms with Gasteiger partial charge in [-0.2, -0.15) is 0 Å². The summed E-state index contributed by atoms with van der Waals surface area (Å²) in [5.41, 5.74) is 7.17. The van der Waals surface area contributed by atoms with E-state index in [1.807, 2.05) is 13.8 Å². The minimum absolute atomic E-state index is 0.00937. The maximum Gasteiger partial charge on any atom is 0.260 e. The molecule has 1 radical (unpaired) electrons. The van der Waals surface area contributed by atoms with Crippen molar-refractivity contribution in [1.82, 2.24) is 19.7 Å². The number of fused-ring (bicyclic) bond motifs is 1. The molecule has 2 N–H and O–H groups in total. The molecule has 103 valence electrons. The molecule has 0 atom stereocenters. The minimum atomic E-state index is 0.00937. The number of anilines is 1. The maximum absolute atomic E-state index is 5.83. The molecule has 6 nitrogen and oxygen atoms in total. The number of hydrogen-bond donors (Lipinski definition) is 1. The quantitative estimate of drug-likeness (QED) is 0.893. The summed E-state index contributed by atoms with van der Waals surface area (Å²) in [6.45, 7) is 6.01. The molecule has 0 aliphatic heterocycles. The zero-order valence-electron chi connectivity index (χ0n) is 11.7. The summed E-state index contributed by atoms with van der Waals surface area (Å²) >= 11 is 0. The number of aryl methyl sites for hydroxylation is 1. The number of nitrogens with two attached hydrogens (primary N) is 1. The fourth-order valence-electron chi connectivity index (χ4n) is 1.92. The topological polar surface area (TPSA) is 78.9 Å². The molecule has 0 spiro atoms. The van der Waals surface area contributed by atoms with Crippen molar-refractivity contribution in [3.8, 4) is 5.88 Å². The number of nitrogens with zero attached hydrogens (tertiary/aromatic N) is 4. The molecule has 0 saturated heterocycles. The number of hydrogen-bond acceptors (Lipinski definition) is 5. The number of aromatic nitrogens is 4. The van der Waals surface area contributed by atoms with Crippen LogP contribution in [0, 0.1) is 7.05 Å². The van der Waals surface area contributed by atoms with Gasteiger partial charge in [-0.15, -0.1) is 10.2 Å². The van der Waals surface area contributed by atoms with E-state index in [2.05, 4.69) is 29.2 Å². The van der Waals surface area contributed by atoms with Gasteiger partial charge in [0, 0.05) is 13.5 Å². The Hall–Kier alpha value is -1.85. The number of unbranched alkanes of at least 4 members (excludes halogenated alkanes) is 1. The molecule has 0 amide bonds. The van der Waals surface area contributed by atoms with E-state index in [0.717, 1.165) is 25.1 Å². The summed E-state index contributed by atoms with van der Waals surface area (Å²) in [6.07, 6.45) is 3.02. The second-order valence-corrected chi connectivity index (χ2v) is 4.81. The van der Waals surface area contributed by atoms with Gasteiger partial charge in [0.15, 0.2) is 5.82 Å². The third-order valence-corrected chi connectivity index (χ3v) is 2.84. The highest BCUT2D eigenvalue weighted by Crippen LogP contribution is 2.27. The van der Waals surface area contributed by atoms with Crippen LogP contribution >= 0.6 is 0 Å². The van der Waals surface area contributed by atoms with Gasteiger partial charge in [0.25, 0.3) is 5.88 Å². The van der Waals surface area contributed by atoms with Gasteiger partial charge in [-0.25, -0.2) is 4.98 Å². The molecule has 0 aliphatic carbocycles. The zero-order chi connectivity index (χ0) is 14.0. The molecule has 6 heteroatoms. The molecule has 0 aromatic carbocycles. The Morgan fingerprint density at radius 2 is 2.11 bits per heavy atom. The highest BCUT2D eigenvalue weighted by Gasteiger charge is 2.18. The summed E-state index contributed by atoms with van der Waals surface area (Å²) in [5.74, 6) is 1.63. The van der Waals surface area contributed by atoms with Gasteiger partial charge in [-0.05, 0) is 20.3 Å². The molecule has 0 fully saturated rings. The first-order valence-corrected chi connectivity index (χ1v) is 6.55. The lowest BCUT2D eigenvalue weighted by Gasteiger charge is -2.10. The van der Waals surface area contributed by atoms with Crippen LogP contribution in [0.3, 0.4) is 0 Å². The number of nitrogen functional groups attached to an aromatic ring is 1. The molecule has 0 saturated carbocycles. The second kappa shape index (κ2) is 5.42. The lowest BCUT2D eigenvalue weighted by atomic mass is 10.2. The lowest BCUT2D eigenvalue weighted by molar-refractivity contribution is 0.233. The minimum Gasteiger partial charge on any atom is -0.472 e. The second-order valence-electron chi connectivity index (χ2n) is 4.81. The molecular formula is C13H20N5O. The summed E-state index contributed by atoms with van der Waals surface area (Å²) < 4.78 is 7.41. The fraction of sp³-hybridized carbons (Fsp3) is 0.538. The first-order chi connectivity index (χ1) is 9.04. The van der Waals surface area contributed by atoms with Gasteiger partial charge in [-0.1, -0.05) is 13.3 Å². The normalized spacial score (nSPS) is 11.4. The van der Waals surface area contributed by atoms with Crippen LogP contribution in [0.25, 0.3) is 11.0 Å². The number of ether oxygens (including phenoxy) is 1. The Balaban J connectivity index is 2.53. The van der Waals surface area contributed by atoms with Crippen LogP contribution < -0.4 is 10.5 Å². The molecule has 2 aromatic rings. The van der Waals surface area contributed by atoms with Crippen molar-refractivity contribution in [3.05, 3.63) is 12.9 Å². The molecule has 2 heterocycles. The van der Waals surface area contributed by atoms with E-state index in [4.69, 9.17) is 10.5 Å². The van der Waals surface area contributed by atoms with E-state index >= 15 is 0 Å². The Labute approximate surface area is 113 Å². The van der Waals surface area contributed by atoms with Gasteiger partial charge >= 0.3 is 0 Å². The average molecular weight is 262 g/mol. The van der Waals surface area contributed by atoms with Gasteiger partial charge < -0.3 is 15.0 Å². The van der Waals surface area contributed by atoms with E-state index in [0.29, 0.717) is 22.7 Å². The fourth-order valence-corrected chi connectivity index (χ4v) is 1.92. The largest absolute Gasteiger partial charge is 0.472 e. The van der Waals surface area contributed by atoms with E-state index in [-0.39, 0.29) is 6.10 Å². The molecule has 0 unspecified atom stereocenters. The van der Waals surface area contributed by atoms with E-state index < -0.39 is 0 Å². The van der Waals surface area contributed by atoms with Crippen molar-refractivity contribution in [2.75, 3.05) is 5.73 Å². The van der Waals surface area contributed by atoms with Crippen LogP contribution in [-0.2, 0) is 6.42 Å². The Bertz CT molecular complexity index is 576. The van der Waals surface area contributed by atoms with Crippen LogP contribution in [0.4, 0.5) is 5.82 Å². The van der Waals surface area contributed by atoms with Crippen molar-refractivity contribution in [2.24, 2.45) is 0 Å². The zero-order valence-corrected chi connectivity index (χ0v) is 11.7. The third kappa shape index (κ3) is 2.62. The van der Waals surface area contributed by atoms with Crippen molar-refractivity contribution in [3.63, 3.8) is 0 Å². The lowest BCUT2D eigenvalue weighted by Crippen LogP contribution is -2.09. The third-order valence-electron chi connectivity index (χ3n) is 2.84. The summed E-state index contributed by atoms with van der Waals surface area (Å²) in [5, 5.41) is 7.90. The van der Waals surface area contributed by atoms with Crippen LogP contribution in [0.15, 0.2) is 0 Å². The van der Waals surface area contributed by atoms with Gasteiger partial charge in [0.05, 0.1) is 6.10 Å². The summed E-state index contributed by atoms with van der Waals surface area (Å²) in [6, 6.07) is 0. The van der Waals surface area contributed by atoms with Gasteiger partial charge in [-0.3, -0.25) is 0 Å². The molecule has 0 aliphatic rings. The Morgan fingerprint density at radius 1 is 1.37 bits per heavy atom. The summed E-state index contributed by atoms with van der Waals surface area (Å²) in [7, 11) is 4.02. The van der Waals surface area contributed by atoms with Crippen LogP contribution in [-0.4, -0.2) is 25.9 Å². The Morgan fingerprint density at radius 3 is 2.74 bits per heavy atom. The van der Waals surface area contributed by atoms with E-state index in [9.17, 15) is 0 Å². The van der Waals surface area contributed by atoms with Crippen molar-refractivity contribution in [2.45, 2.75) is 46.1 Å². The van der Waals surface area contributed by atoms with Crippen LogP contribution in [0.2, 0.25) is 0 Å². The first-order valence-electron chi connectivity index (χ1n) is 6.55. The van der Waals surface area contributed by atoms with E-state index in [1.54, 1.807) is 4.57 Å². The highest BCUT2D eigenvalue weighted by atomic mass is 16.5. The number of rotatable bonds is 5. The molecule has 2 aromatic heterocycles. The van der Waals surface area contributed by atoms with Crippen LogP contribution in [0.1, 0.15) is 39.4 Å². The first kappa shape index (κ1) is 13.6. The standard InChI is InChI=1S/C13H20N5O/c1-5-6-7-9-15-10-11(18(9)4)13(19-8(2)3)17-16-12(10)14/h8H,4-7H2,1-3H3,(H2,14,16). The predicted molar refractivity (Wildman–Crippen MR) is 74.9 cm³/mol.